The van der Waals surface area contributed by atoms with Crippen LogP contribution in [-0.2, 0) is 9.47 Å². The number of halogens is 1. The van der Waals surface area contributed by atoms with Crippen molar-refractivity contribution >= 4 is 21.8 Å². The molecule has 3 rings (SSSR count). The van der Waals surface area contributed by atoms with E-state index >= 15 is 0 Å². The van der Waals surface area contributed by atoms with Gasteiger partial charge in [-0.1, -0.05) is 15.9 Å². The van der Waals surface area contributed by atoms with Crippen LogP contribution in [0.15, 0.2) is 28.7 Å². The van der Waals surface area contributed by atoms with Crippen LogP contribution in [0.25, 0.3) is 0 Å². The molecule has 2 atom stereocenters. The molecule has 1 N–H and O–H groups in total. The van der Waals surface area contributed by atoms with E-state index in [-0.39, 0.29) is 11.9 Å². The first-order chi connectivity index (χ1) is 13.6. The summed E-state index contributed by atoms with van der Waals surface area (Å²) in [6.07, 6.45) is 6.17. The van der Waals surface area contributed by atoms with Gasteiger partial charge >= 0.3 is 0 Å². The molecule has 1 aliphatic heterocycles. The molecule has 1 heterocycles. The Bertz CT molecular complexity index is 625. The van der Waals surface area contributed by atoms with E-state index in [1.807, 2.05) is 38.1 Å². The molecule has 0 aromatic heterocycles. The van der Waals surface area contributed by atoms with Gasteiger partial charge in [-0.2, -0.15) is 0 Å². The topological polar surface area (TPSA) is 50.8 Å². The Morgan fingerprint density at radius 3 is 2.39 bits per heavy atom. The van der Waals surface area contributed by atoms with Gasteiger partial charge in [-0.05, 0) is 76.9 Å². The highest BCUT2D eigenvalue weighted by molar-refractivity contribution is 9.10. The summed E-state index contributed by atoms with van der Waals surface area (Å²) in [6.45, 7) is 7.48. The molecule has 5 nitrogen and oxygen atoms in total. The normalized spacial score (nSPS) is 25.4. The minimum absolute atomic E-state index is 0.00912. The van der Waals surface area contributed by atoms with Crippen molar-refractivity contribution in [3.63, 3.8) is 0 Å². The number of carbonyl (C=O) groups is 1. The maximum Gasteiger partial charge on any atom is 0.251 e. The Balaban J connectivity index is 1.82. The number of carbonyl (C=O) groups excluding carboxylic acids is 1. The van der Waals surface area contributed by atoms with Crippen molar-refractivity contribution < 1.29 is 14.3 Å². The maximum atomic E-state index is 13.0. The third-order valence-corrected chi connectivity index (χ3v) is 6.43. The average Bonchev–Trinajstić information content (AvgIpc) is 3.14. The molecule has 0 bridgehead atoms. The van der Waals surface area contributed by atoms with E-state index in [1.54, 1.807) is 0 Å². The van der Waals surface area contributed by atoms with Gasteiger partial charge in [0, 0.05) is 48.2 Å². The number of nitrogens with zero attached hydrogens (tertiary/aromatic N) is 1. The molecule has 1 aromatic rings. The Morgan fingerprint density at radius 1 is 1.14 bits per heavy atom. The highest BCUT2D eigenvalue weighted by Gasteiger charge is 2.42. The number of nitrogens with one attached hydrogen (secondary N) is 1. The van der Waals surface area contributed by atoms with Gasteiger partial charge < -0.3 is 14.8 Å². The van der Waals surface area contributed by atoms with Crippen molar-refractivity contribution in [3.8, 4) is 0 Å². The summed E-state index contributed by atoms with van der Waals surface area (Å²) in [7, 11) is 0. The molecule has 156 valence electrons. The molecular formula is C22H33BrN2O3. The Kier molecular flexibility index (Phi) is 7.92. The highest BCUT2D eigenvalue weighted by atomic mass is 79.9. The van der Waals surface area contributed by atoms with Crippen LogP contribution in [0.5, 0.6) is 0 Å². The van der Waals surface area contributed by atoms with Gasteiger partial charge in [0.25, 0.3) is 5.91 Å². The van der Waals surface area contributed by atoms with Gasteiger partial charge in [-0.15, -0.1) is 0 Å². The lowest BCUT2D eigenvalue weighted by Crippen LogP contribution is -2.53. The van der Waals surface area contributed by atoms with Gasteiger partial charge in [-0.3, -0.25) is 9.69 Å². The number of hydrogen-bond acceptors (Lipinski definition) is 4. The monoisotopic (exact) mass is 452 g/mol. The predicted molar refractivity (Wildman–Crippen MR) is 114 cm³/mol. The highest BCUT2D eigenvalue weighted by Crippen LogP contribution is 2.35. The summed E-state index contributed by atoms with van der Waals surface area (Å²) in [5.41, 5.74) is 0.686. The molecule has 1 aliphatic carbocycles. The lowest BCUT2D eigenvalue weighted by molar-refractivity contribution is -0.241. The number of rotatable bonds is 7. The number of likely N-dealkylation sites (tertiary alicyclic amines) is 1. The van der Waals surface area contributed by atoms with Crippen LogP contribution in [0.2, 0.25) is 0 Å². The van der Waals surface area contributed by atoms with E-state index in [0.29, 0.717) is 31.2 Å². The quantitative estimate of drug-likeness (QED) is 0.493. The van der Waals surface area contributed by atoms with Crippen molar-refractivity contribution in [2.24, 2.45) is 0 Å². The SMILES string of the molecule is CCOC1(OCC)CCCC(N2CCCC2)C(NC(=O)c2ccc(Br)cc2)C1. The van der Waals surface area contributed by atoms with Crippen LogP contribution in [0.3, 0.4) is 0 Å². The molecule has 1 aromatic carbocycles. The molecule has 2 unspecified atom stereocenters. The van der Waals surface area contributed by atoms with Gasteiger partial charge in [0.05, 0.1) is 0 Å². The van der Waals surface area contributed by atoms with E-state index in [2.05, 4.69) is 26.1 Å². The largest absolute Gasteiger partial charge is 0.350 e. The lowest BCUT2D eigenvalue weighted by Gasteiger charge is -2.38. The van der Waals surface area contributed by atoms with Crippen molar-refractivity contribution in [2.45, 2.75) is 70.2 Å². The van der Waals surface area contributed by atoms with Crippen molar-refractivity contribution in [3.05, 3.63) is 34.3 Å². The van der Waals surface area contributed by atoms with Crippen LogP contribution < -0.4 is 5.32 Å². The molecule has 2 aliphatic rings. The second-order valence-electron chi connectivity index (χ2n) is 7.77. The Morgan fingerprint density at radius 2 is 1.79 bits per heavy atom. The van der Waals surface area contributed by atoms with Crippen LogP contribution in [0.1, 0.15) is 62.7 Å². The van der Waals surface area contributed by atoms with E-state index in [0.717, 1.165) is 36.8 Å². The zero-order valence-electron chi connectivity index (χ0n) is 17.1. The Hall–Kier alpha value is -0.950. The average molecular weight is 453 g/mol. The fourth-order valence-corrected chi connectivity index (χ4v) is 4.96. The molecule has 6 heteroatoms. The van der Waals surface area contributed by atoms with Crippen LogP contribution in [-0.4, -0.2) is 55.0 Å². The van der Waals surface area contributed by atoms with Gasteiger partial charge in [0.15, 0.2) is 5.79 Å². The number of hydrogen-bond donors (Lipinski definition) is 1. The van der Waals surface area contributed by atoms with E-state index in [4.69, 9.17) is 9.47 Å². The number of ether oxygens (including phenoxy) is 2. The van der Waals surface area contributed by atoms with E-state index in [9.17, 15) is 4.79 Å². The minimum atomic E-state index is -0.602. The minimum Gasteiger partial charge on any atom is -0.350 e. The molecular weight excluding hydrogens is 420 g/mol. The fraction of sp³-hybridized carbons (Fsp3) is 0.682. The van der Waals surface area contributed by atoms with Crippen LogP contribution in [0, 0.1) is 0 Å². The molecule has 1 saturated heterocycles. The van der Waals surface area contributed by atoms with Gasteiger partial charge in [0.2, 0.25) is 0 Å². The number of amides is 1. The van der Waals surface area contributed by atoms with Gasteiger partial charge in [-0.25, -0.2) is 0 Å². The Labute approximate surface area is 177 Å². The second-order valence-corrected chi connectivity index (χ2v) is 8.69. The second kappa shape index (κ2) is 10.2. The summed E-state index contributed by atoms with van der Waals surface area (Å²) < 4.78 is 13.2. The summed E-state index contributed by atoms with van der Waals surface area (Å²) >= 11 is 3.44. The predicted octanol–water partition coefficient (Wildman–Crippen LogP) is 4.36. The summed E-state index contributed by atoms with van der Waals surface area (Å²) in [4.78, 5) is 15.6. The summed E-state index contributed by atoms with van der Waals surface area (Å²) in [5, 5.41) is 3.34. The third kappa shape index (κ3) is 5.35. The molecule has 0 spiro atoms. The molecule has 28 heavy (non-hydrogen) atoms. The molecule has 2 fully saturated rings. The van der Waals surface area contributed by atoms with Crippen molar-refractivity contribution in [2.75, 3.05) is 26.3 Å². The lowest BCUT2D eigenvalue weighted by atomic mass is 9.98. The van der Waals surface area contributed by atoms with E-state index < -0.39 is 5.79 Å². The van der Waals surface area contributed by atoms with Crippen molar-refractivity contribution in [1.82, 2.24) is 10.2 Å². The standard InChI is InChI=1S/C22H33BrN2O3/c1-3-27-22(28-4-2)13-7-8-20(25-14-5-6-15-25)19(16-22)24-21(26)17-9-11-18(23)12-10-17/h9-12,19-20H,3-8,13-16H2,1-2H3,(H,24,26). The van der Waals surface area contributed by atoms with Crippen molar-refractivity contribution in [1.29, 1.82) is 0 Å². The first kappa shape index (κ1) is 21.8. The third-order valence-electron chi connectivity index (χ3n) is 5.90. The molecule has 1 amide bonds. The fourth-order valence-electron chi connectivity index (χ4n) is 4.70. The molecule has 1 saturated carbocycles. The number of benzene rings is 1. The molecule has 0 radical (unpaired) electrons. The van der Waals surface area contributed by atoms with E-state index in [1.165, 1.54) is 12.8 Å². The zero-order valence-corrected chi connectivity index (χ0v) is 18.7. The smallest absolute Gasteiger partial charge is 0.251 e. The van der Waals surface area contributed by atoms with Crippen LogP contribution in [0.4, 0.5) is 0 Å². The van der Waals surface area contributed by atoms with Crippen LogP contribution >= 0.6 is 15.9 Å². The maximum absolute atomic E-state index is 13.0. The summed E-state index contributed by atoms with van der Waals surface area (Å²) in [6, 6.07) is 7.88. The van der Waals surface area contributed by atoms with Gasteiger partial charge in [0.1, 0.15) is 0 Å². The first-order valence-electron chi connectivity index (χ1n) is 10.7. The zero-order chi connectivity index (χ0) is 20.0. The first-order valence-corrected chi connectivity index (χ1v) is 11.4. The summed E-state index contributed by atoms with van der Waals surface area (Å²) in [5.74, 6) is -0.624.